The molecule has 0 radical (unpaired) electrons. The summed E-state index contributed by atoms with van der Waals surface area (Å²) in [7, 11) is 1.59. The zero-order valence-corrected chi connectivity index (χ0v) is 18.7. The monoisotopic (exact) mass is 458 g/mol. The van der Waals surface area contributed by atoms with Gasteiger partial charge in [0.2, 0.25) is 11.8 Å². The number of hydrogen-bond acceptors (Lipinski definition) is 7. The van der Waals surface area contributed by atoms with Crippen molar-refractivity contribution in [2.75, 3.05) is 26.0 Å². The number of likely N-dealkylation sites (tertiary alicyclic amines) is 1. The number of rotatable bonds is 7. The van der Waals surface area contributed by atoms with E-state index in [0.29, 0.717) is 23.2 Å². The molecule has 3 heterocycles. The first-order valence-corrected chi connectivity index (χ1v) is 11.6. The van der Waals surface area contributed by atoms with Crippen molar-refractivity contribution in [2.45, 2.75) is 43.3 Å². The topological polar surface area (TPSA) is 118 Å². The summed E-state index contributed by atoms with van der Waals surface area (Å²) in [5, 5.41) is 14.2. The third-order valence-corrected chi connectivity index (χ3v) is 6.41. The highest BCUT2D eigenvalue weighted by Gasteiger charge is 2.27. The number of amides is 4. The lowest BCUT2D eigenvalue weighted by molar-refractivity contribution is -0.129. The van der Waals surface area contributed by atoms with Gasteiger partial charge in [0.15, 0.2) is 5.16 Å². The summed E-state index contributed by atoms with van der Waals surface area (Å²) in [6.45, 7) is 1.60. The van der Waals surface area contributed by atoms with E-state index in [4.69, 9.17) is 4.74 Å². The molecule has 2 aliphatic heterocycles. The average molecular weight is 459 g/mol. The normalized spacial score (nSPS) is 18.8. The fraction of sp³-hybridized carbons (Fsp3) is 0.476. The zero-order chi connectivity index (χ0) is 22.5. The number of benzene rings is 1. The van der Waals surface area contributed by atoms with Crippen molar-refractivity contribution < 1.29 is 19.1 Å². The van der Waals surface area contributed by atoms with Crippen LogP contribution < -0.4 is 15.4 Å². The molecule has 11 heteroatoms. The number of piperidine rings is 1. The van der Waals surface area contributed by atoms with Crippen molar-refractivity contribution in [2.24, 2.45) is 0 Å². The average Bonchev–Trinajstić information content (AvgIpc) is 3.19. The number of methoxy groups -OCH3 is 1. The molecular weight excluding hydrogens is 432 g/mol. The molecule has 32 heavy (non-hydrogen) atoms. The van der Waals surface area contributed by atoms with Gasteiger partial charge in [0.25, 0.3) is 0 Å². The van der Waals surface area contributed by atoms with Crippen molar-refractivity contribution in [3.8, 4) is 11.4 Å². The lowest BCUT2D eigenvalue weighted by atomic mass is 10.1. The number of carbonyl (C=O) groups is 3. The van der Waals surface area contributed by atoms with Gasteiger partial charge < -0.3 is 15.0 Å². The lowest BCUT2D eigenvalue weighted by Crippen LogP contribution is -2.53. The Morgan fingerprint density at radius 1 is 1.22 bits per heavy atom. The van der Waals surface area contributed by atoms with E-state index in [1.807, 2.05) is 33.7 Å². The van der Waals surface area contributed by atoms with Gasteiger partial charge in [-0.05, 0) is 31.4 Å². The van der Waals surface area contributed by atoms with Crippen molar-refractivity contribution in [3.63, 3.8) is 0 Å². The largest absolute Gasteiger partial charge is 0.497 e. The summed E-state index contributed by atoms with van der Waals surface area (Å²) in [5.41, 5.74) is 0.781. The van der Waals surface area contributed by atoms with E-state index in [0.717, 1.165) is 31.6 Å². The van der Waals surface area contributed by atoms with Crippen LogP contribution in [0.3, 0.4) is 0 Å². The molecule has 2 aromatic rings. The molecule has 1 aromatic heterocycles. The molecule has 1 aromatic carbocycles. The molecule has 2 N–H and O–H groups in total. The van der Waals surface area contributed by atoms with Gasteiger partial charge in [-0.25, -0.2) is 4.79 Å². The Labute approximate surface area is 190 Å². The summed E-state index contributed by atoms with van der Waals surface area (Å²) in [5.74, 6) is 1.30. The van der Waals surface area contributed by atoms with Gasteiger partial charge in [0, 0.05) is 38.0 Å². The molecule has 2 fully saturated rings. The minimum atomic E-state index is -0.513. The fourth-order valence-corrected chi connectivity index (χ4v) is 4.79. The van der Waals surface area contributed by atoms with Crippen LogP contribution in [0.25, 0.3) is 5.69 Å². The van der Waals surface area contributed by atoms with Gasteiger partial charge in [0.05, 0.1) is 18.6 Å². The predicted octanol–water partition coefficient (Wildman–Crippen LogP) is 1.52. The van der Waals surface area contributed by atoms with Crippen molar-refractivity contribution in [1.82, 2.24) is 30.3 Å². The van der Waals surface area contributed by atoms with Crippen LogP contribution in [-0.2, 0) is 16.0 Å². The van der Waals surface area contributed by atoms with Gasteiger partial charge in [-0.1, -0.05) is 17.8 Å². The van der Waals surface area contributed by atoms with Gasteiger partial charge in [0.1, 0.15) is 11.6 Å². The van der Waals surface area contributed by atoms with Crippen LogP contribution in [-0.4, -0.2) is 69.5 Å². The van der Waals surface area contributed by atoms with Crippen LogP contribution in [0.2, 0.25) is 0 Å². The molecule has 10 nitrogen and oxygen atoms in total. The highest BCUT2D eigenvalue weighted by molar-refractivity contribution is 7.99. The number of carbonyl (C=O) groups excluding carboxylic acids is 3. The Bertz CT molecular complexity index is 988. The number of imide groups is 1. The quantitative estimate of drug-likeness (QED) is 0.604. The number of urea groups is 1. The zero-order valence-electron chi connectivity index (χ0n) is 17.9. The van der Waals surface area contributed by atoms with Crippen LogP contribution in [0.5, 0.6) is 5.75 Å². The van der Waals surface area contributed by atoms with Gasteiger partial charge in [-0.3, -0.25) is 19.5 Å². The van der Waals surface area contributed by atoms with Crippen molar-refractivity contribution in [1.29, 1.82) is 0 Å². The summed E-state index contributed by atoms with van der Waals surface area (Å²) >= 11 is 1.33. The summed E-state index contributed by atoms with van der Waals surface area (Å²) in [6, 6.07) is 6.55. The summed E-state index contributed by atoms with van der Waals surface area (Å²) in [4.78, 5) is 38.0. The van der Waals surface area contributed by atoms with Crippen molar-refractivity contribution >= 4 is 29.6 Å². The van der Waals surface area contributed by atoms with E-state index in [1.165, 1.54) is 18.2 Å². The first-order chi connectivity index (χ1) is 15.5. The Hall–Kier alpha value is -3.08. The molecule has 1 atom stereocenters. The van der Waals surface area contributed by atoms with Crippen LogP contribution in [0.4, 0.5) is 4.79 Å². The Morgan fingerprint density at radius 3 is 2.78 bits per heavy atom. The number of nitrogens with zero attached hydrogens (tertiary/aromatic N) is 4. The Kier molecular flexibility index (Phi) is 6.93. The molecule has 170 valence electrons. The molecule has 1 unspecified atom stereocenters. The molecule has 0 spiro atoms. The smallest absolute Gasteiger partial charge is 0.321 e. The SMILES string of the molecule is COc1cccc(-n2c(CC3CC(=O)NC(=O)N3)nnc2SCC(=O)N2CCCCC2)c1. The third kappa shape index (κ3) is 5.21. The third-order valence-electron chi connectivity index (χ3n) is 5.49. The van der Waals surface area contributed by atoms with Gasteiger partial charge in [-0.15, -0.1) is 10.2 Å². The highest BCUT2D eigenvalue weighted by atomic mass is 32.2. The maximum Gasteiger partial charge on any atom is 0.321 e. The molecule has 0 bridgehead atoms. The number of aromatic nitrogens is 3. The number of ether oxygens (including phenoxy) is 1. The van der Waals surface area contributed by atoms with E-state index in [1.54, 1.807) is 7.11 Å². The number of hydrogen-bond donors (Lipinski definition) is 2. The second kappa shape index (κ2) is 10.0. The lowest BCUT2D eigenvalue weighted by Gasteiger charge is -2.26. The standard InChI is InChI=1S/C21H26N6O4S/c1-31-16-7-5-6-15(12-16)27-17(10-14-11-18(28)23-20(30)22-14)24-25-21(27)32-13-19(29)26-8-3-2-4-9-26/h5-7,12,14H,2-4,8-11,13H2,1H3,(H2,22,23,28,30). The molecule has 0 aliphatic carbocycles. The first kappa shape index (κ1) is 22.1. The minimum absolute atomic E-state index is 0.0904. The number of nitrogens with one attached hydrogen (secondary N) is 2. The maximum atomic E-state index is 12.7. The predicted molar refractivity (Wildman–Crippen MR) is 118 cm³/mol. The Balaban J connectivity index is 1.57. The first-order valence-electron chi connectivity index (χ1n) is 10.6. The maximum absolute atomic E-state index is 12.7. The second-order valence-electron chi connectivity index (χ2n) is 7.79. The molecular formula is C21H26N6O4S. The van der Waals surface area contributed by atoms with Crippen LogP contribution in [0.1, 0.15) is 31.5 Å². The molecule has 2 saturated heterocycles. The van der Waals surface area contributed by atoms with Crippen LogP contribution in [0.15, 0.2) is 29.4 Å². The van der Waals surface area contributed by atoms with Crippen LogP contribution in [0, 0.1) is 0 Å². The molecule has 4 rings (SSSR count). The van der Waals surface area contributed by atoms with Gasteiger partial charge >= 0.3 is 6.03 Å². The van der Waals surface area contributed by atoms with E-state index in [-0.39, 0.29) is 24.0 Å². The number of thioether (sulfide) groups is 1. The minimum Gasteiger partial charge on any atom is -0.497 e. The molecule has 4 amide bonds. The van der Waals surface area contributed by atoms with E-state index in [2.05, 4.69) is 20.8 Å². The fourth-order valence-electron chi connectivity index (χ4n) is 3.91. The Morgan fingerprint density at radius 2 is 2.03 bits per heavy atom. The van der Waals surface area contributed by atoms with Crippen LogP contribution >= 0.6 is 11.8 Å². The van der Waals surface area contributed by atoms with E-state index < -0.39 is 12.1 Å². The molecule has 0 saturated carbocycles. The second-order valence-corrected chi connectivity index (χ2v) is 8.74. The van der Waals surface area contributed by atoms with E-state index >= 15 is 0 Å². The van der Waals surface area contributed by atoms with Crippen molar-refractivity contribution in [3.05, 3.63) is 30.1 Å². The summed E-state index contributed by atoms with van der Waals surface area (Å²) < 4.78 is 7.21. The highest BCUT2D eigenvalue weighted by Crippen LogP contribution is 2.26. The van der Waals surface area contributed by atoms with Gasteiger partial charge in [-0.2, -0.15) is 0 Å². The molecule has 2 aliphatic rings. The summed E-state index contributed by atoms with van der Waals surface area (Å²) in [6.07, 6.45) is 3.74. The van der Waals surface area contributed by atoms with E-state index in [9.17, 15) is 14.4 Å².